The fraction of sp³-hybridized carbons (Fsp3) is 0.0952. The van der Waals surface area contributed by atoms with Gasteiger partial charge in [-0.1, -0.05) is 0 Å². The molecule has 0 saturated carbocycles. The molecule has 0 bridgehead atoms. The molecule has 32 heavy (non-hydrogen) atoms. The molecule has 2 heterocycles. The summed E-state index contributed by atoms with van der Waals surface area (Å²) in [6, 6.07) is 10.2. The van der Waals surface area contributed by atoms with Crippen molar-refractivity contribution in [3.63, 3.8) is 0 Å². The Kier molecular flexibility index (Phi) is 5.65. The standard InChI is InChI=1S/C21H15FN4O5S/c1-10-17(32-20(23-10)11-2-4-12(22)5-3-11)21(30)31-9-16(27)24-13-6-7-14-15(8-13)26-19(29)18(28)25-14/h2-8H,9H2,1H3,(H,24,27)(H,25,28)(H,26,29). The van der Waals surface area contributed by atoms with E-state index in [9.17, 15) is 23.6 Å². The first-order valence-electron chi connectivity index (χ1n) is 9.27. The molecule has 0 spiro atoms. The van der Waals surface area contributed by atoms with Gasteiger partial charge in [0, 0.05) is 11.3 Å². The van der Waals surface area contributed by atoms with Crippen LogP contribution in [0.15, 0.2) is 52.1 Å². The van der Waals surface area contributed by atoms with Gasteiger partial charge in [0.1, 0.15) is 15.7 Å². The summed E-state index contributed by atoms with van der Waals surface area (Å²) in [5, 5.41) is 3.08. The number of nitrogens with zero attached hydrogens (tertiary/aromatic N) is 1. The molecule has 4 rings (SSSR count). The predicted octanol–water partition coefficient (Wildman–Crippen LogP) is 2.58. The molecule has 0 fully saturated rings. The van der Waals surface area contributed by atoms with Crippen molar-refractivity contribution in [1.29, 1.82) is 0 Å². The highest BCUT2D eigenvalue weighted by atomic mass is 32.1. The van der Waals surface area contributed by atoms with E-state index in [0.29, 0.717) is 33.0 Å². The zero-order chi connectivity index (χ0) is 22.8. The van der Waals surface area contributed by atoms with Crippen LogP contribution in [-0.2, 0) is 9.53 Å². The Labute approximate surface area is 182 Å². The van der Waals surface area contributed by atoms with Gasteiger partial charge in [-0.2, -0.15) is 0 Å². The molecule has 2 aromatic heterocycles. The molecule has 3 N–H and O–H groups in total. The van der Waals surface area contributed by atoms with Crippen LogP contribution in [0.3, 0.4) is 0 Å². The molecule has 0 radical (unpaired) electrons. The van der Waals surface area contributed by atoms with E-state index in [0.717, 1.165) is 11.3 Å². The summed E-state index contributed by atoms with van der Waals surface area (Å²) in [5.41, 5.74) is 0.583. The predicted molar refractivity (Wildman–Crippen MR) is 116 cm³/mol. The Hall–Kier alpha value is -4.12. The van der Waals surface area contributed by atoms with Crippen molar-refractivity contribution >= 4 is 39.9 Å². The number of carbonyl (C=O) groups is 2. The monoisotopic (exact) mass is 454 g/mol. The minimum absolute atomic E-state index is 0.240. The number of anilines is 1. The molecule has 0 unspecified atom stereocenters. The number of ether oxygens (including phenoxy) is 1. The summed E-state index contributed by atoms with van der Waals surface area (Å²) in [7, 11) is 0. The van der Waals surface area contributed by atoms with Crippen molar-refractivity contribution in [2.45, 2.75) is 6.92 Å². The first kappa shape index (κ1) is 21.1. The van der Waals surface area contributed by atoms with Gasteiger partial charge in [-0.15, -0.1) is 11.3 Å². The smallest absolute Gasteiger partial charge is 0.350 e. The van der Waals surface area contributed by atoms with Crippen LogP contribution in [0.4, 0.5) is 10.1 Å². The first-order valence-corrected chi connectivity index (χ1v) is 10.1. The number of hydrogen-bond acceptors (Lipinski definition) is 7. The van der Waals surface area contributed by atoms with E-state index in [-0.39, 0.29) is 10.7 Å². The second kappa shape index (κ2) is 8.55. The first-order chi connectivity index (χ1) is 15.3. The third-order valence-corrected chi connectivity index (χ3v) is 5.60. The van der Waals surface area contributed by atoms with Crippen molar-refractivity contribution in [2.24, 2.45) is 0 Å². The van der Waals surface area contributed by atoms with Gasteiger partial charge < -0.3 is 20.0 Å². The van der Waals surface area contributed by atoms with E-state index in [1.165, 1.54) is 30.3 Å². The number of aryl methyl sites for hydroxylation is 1. The molecule has 9 nitrogen and oxygen atoms in total. The molecular weight excluding hydrogens is 439 g/mol. The highest BCUT2D eigenvalue weighted by molar-refractivity contribution is 7.17. The lowest BCUT2D eigenvalue weighted by atomic mass is 10.2. The molecule has 11 heteroatoms. The number of H-pyrrole nitrogens is 2. The van der Waals surface area contributed by atoms with Crippen LogP contribution >= 0.6 is 11.3 Å². The number of fused-ring (bicyclic) bond motifs is 1. The fourth-order valence-corrected chi connectivity index (χ4v) is 3.85. The Morgan fingerprint density at radius 3 is 2.47 bits per heavy atom. The number of hydrogen-bond donors (Lipinski definition) is 3. The SMILES string of the molecule is Cc1nc(-c2ccc(F)cc2)sc1C(=O)OCC(=O)Nc1ccc2[nH]c(=O)c(=O)[nH]c2c1. The number of nitrogens with one attached hydrogen (secondary N) is 3. The van der Waals surface area contributed by atoms with Crippen molar-refractivity contribution in [3.05, 3.63) is 79.6 Å². The lowest BCUT2D eigenvalue weighted by molar-refractivity contribution is -0.119. The number of benzene rings is 2. The van der Waals surface area contributed by atoms with Crippen LogP contribution in [0.25, 0.3) is 21.6 Å². The quantitative estimate of drug-likeness (QED) is 0.313. The zero-order valence-electron chi connectivity index (χ0n) is 16.5. The lowest BCUT2D eigenvalue weighted by Crippen LogP contribution is -2.29. The minimum Gasteiger partial charge on any atom is -0.451 e. The molecule has 0 aliphatic heterocycles. The molecule has 0 aliphatic carbocycles. The number of halogens is 1. The second-order valence-electron chi connectivity index (χ2n) is 6.73. The maximum absolute atomic E-state index is 13.1. The third-order valence-electron chi connectivity index (χ3n) is 4.41. The fourth-order valence-electron chi connectivity index (χ4n) is 2.89. The number of aromatic nitrogens is 3. The molecule has 162 valence electrons. The van der Waals surface area contributed by atoms with Gasteiger partial charge in [-0.05, 0) is 49.4 Å². The Morgan fingerprint density at radius 2 is 1.75 bits per heavy atom. The van der Waals surface area contributed by atoms with Gasteiger partial charge in [0.05, 0.1) is 16.7 Å². The molecule has 4 aromatic rings. The maximum atomic E-state index is 13.1. The van der Waals surface area contributed by atoms with Crippen LogP contribution in [0, 0.1) is 12.7 Å². The van der Waals surface area contributed by atoms with Crippen LogP contribution < -0.4 is 16.4 Å². The van der Waals surface area contributed by atoms with Crippen molar-refractivity contribution < 1.29 is 18.7 Å². The molecule has 1 amide bonds. The third kappa shape index (κ3) is 4.47. The number of carbonyl (C=O) groups excluding carboxylic acids is 2. The number of amides is 1. The van der Waals surface area contributed by atoms with Gasteiger partial charge in [0.2, 0.25) is 0 Å². The van der Waals surface area contributed by atoms with Gasteiger partial charge in [-0.25, -0.2) is 14.2 Å². The van der Waals surface area contributed by atoms with Crippen molar-refractivity contribution in [2.75, 3.05) is 11.9 Å². The topological polar surface area (TPSA) is 134 Å². The van der Waals surface area contributed by atoms with Crippen LogP contribution in [0.5, 0.6) is 0 Å². The Bertz CT molecular complexity index is 1460. The molecule has 2 aromatic carbocycles. The largest absolute Gasteiger partial charge is 0.451 e. The average Bonchev–Trinajstić information content (AvgIpc) is 3.15. The normalized spacial score (nSPS) is 10.8. The van der Waals surface area contributed by atoms with E-state index >= 15 is 0 Å². The van der Waals surface area contributed by atoms with Gasteiger partial charge >= 0.3 is 17.1 Å². The summed E-state index contributed by atoms with van der Waals surface area (Å²) in [4.78, 5) is 56.7. The molecule has 0 atom stereocenters. The van der Waals surface area contributed by atoms with Crippen molar-refractivity contribution in [3.8, 4) is 10.6 Å². The van der Waals surface area contributed by atoms with E-state index in [1.54, 1.807) is 19.1 Å². The average molecular weight is 454 g/mol. The molecule has 0 saturated heterocycles. The zero-order valence-corrected chi connectivity index (χ0v) is 17.3. The van der Waals surface area contributed by atoms with E-state index < -0.39 is 29.6 Å². The van der Waals surface area contributed by atoms with Crippen LogP contribution in [0.2, 0.25) is 0 Å². The minimum atomic E-state index is -0.810. The van der Waals surface area contributed by atoms with Gasteiger partial charge in [0.15, 0.2) is 6.61 Å². The highest BCUT2D eigenvalue weighted by Gasteiger charge is 2.19. The Balaban J connectivity index is 1.41. The highest BCUT2D eigenvalue weighted by Crippen LogP contribution is 2.28. The van der Waals surface area contributed by atoms with Crippen LogP contribution in [0.1, 0.15) is 15.4 Å². The van der Waals surface area contributed by atoms with E-state index in [2.05, 4.69) is 20.3 Å². The van der Waals surface area contributed by atoms with Gasteiger partial charge in [0.25, 0.3) is 5.91 Å². The summed E-state index contributed by atoms with van der Waals surface area (Å²) in [5.74, 6) is -1.67. The summed E-state index contributed by atoms with van der Waals surface area (Å²) >= 11 is 1.08. The van der Waals surface area contributed by atoms with Crippen molar-refractivity contribution in [1.82, 2.24) is 15.0 Å². The molecular formula is C21H15FN4O5S. The van der Waals surface area contributed by atoms with Crippen LogP contribution in [-0.4, -0.2) is 33.4 Å². The number of thiazole rings is 1. The second-order valence-corrected chi connectivity index (χ2v) is 7.73. The Morgan fingerprint density at radius 1 is 1.06 bits per heavy atom. The number of esters is 1. The van der Waals surface area contributed by atoms with E-state index in [4.69, 9.17) is 4.74 Å². The number of rotatable bonds is 5. The number of aromatic amines is 2. The van der Waals surface area contributed by atoms with E-state index in [1.807, 2.05) is 0 Å². The maximum Gasteiger partial charge on any atom is 0.350 e. The summed E-state index contributed by atoms with van der Waals surface area (Å²) in [6.45, 7) is 1.10. The summed E-state index contributed by atoms with van der Waals surface area (Å²) in [6.07, 6.45) is 0. The lowest BCUT2D eigenvalue weighted by Gasteiger charge is -2.07. The molecule has 0 aliphatic rings. The van der Waals surface area contributed by atoms with Gasteiger partial charge in [-0.3, -0.25) is 14.4 Å². The summed E-state index contributed by atoms with van der Waals surface area (Å²) < 4.78 is 18.2.